The zero-order valence-electron chi connectivity index (χ0n) is 18.3. The SMILES string of the molecule is Cc1nn(C)cc1[C@@H]1CN(c2nccc(-c3cnc4ccc(C(F)(F)F)cn34)n2)C[C@@H](C)O1. The standard InChI is InChI=1S/C22H22F3N7O/c1-13-9-31(12-19(33-13)16-11-30(3)29-14(16)2)21-26-7-6-17(28-21)18-8-27-20-5-4-15(10-32(18)20)22(23,24)25/h4-8,10-11,13,19H,9,12H2,1-3H3/t13-,19+/m1/s1. The highest BCUT2D eigenvalue weighted by molar-refractivity contribution is 5.61. The van der Waals surface area contributed by atoms with Crippen LogP contribution in [0.1, 0.15) is 29.8 Å². The molecular formula is C22H22F3N7O. The van der Waals surface area contributed by atoms with Crippen LogP contribution in [0.3, 0.4) is 0 Å². The molecular weight excluding hydrogens is 435 g/mol. The van der Waals surface area contributed by atoms with Crippen LogP contribution in [0.25, 0.3) is 17.0 Å². The number of nitrogens with zero attached hydrogens (tertiary/aromatic N) is 7. The first kappa shape index (κ1) is 21.4. The maximum Gasteiger partial charge on any atom is 0.417 e. The Labute approximate surface area is 187 Å². The molecule has 0 unspecified atom stereocenters. The number of aromatic nitrogens is 6. The predicted octanol–water partition coefficient (Wildman–Crippen LogP) is 3.82. The van der Waals surface area contributed by atoms with Crippen LogP contribution < -0.4 is 4.90 Å². The number of halogens is 3. The number of hydrogen-bond acceptors (Lipinski definition) is 6. The Morgan fingerprint density at radius 3 is 2.64 bits per heavy atom. The van der Waals surface area contributed by atoms with Crippen LogP contribution in [-0.2, 0) is 18.0 Å². The first-order valence-electron chi connectivity index (χ1n) is 10.5. The minimum Gasteiger partial charge on any atom is -0.367 e. The Kier molecular flexibility index (Phi) is 5.08. The van der Waals surface area contributed by atoms with Crippen molar-refractivity contribution in [2.24, 2.45) is 7.05 Å². The summed E-state index contributed by atoms with van der Waals surface area (Å²) in [6, 6.07) is 4.03. The van der Waals surface area contributed by atoms with E-state index in [0.717, 1.165) is 23.5 Å². The fourth-order valence-corrected chi connectivity index (χ4v) is 4.20. The fourth-order valence-electron chi connectivity index (χ4n) is 4.20. The van der Waals surface area contributed by atoms with Crippen LogP contribution in [0.4, 0.5) is 19.1 Å². The van der Waals surface area contributed by atoms with Crippen molar-refractivity contribution in [1.82, 2.24) is 29.1 Å². The Balaban J connectivity index is 1.49. The summed E-state index contributed by atoms with van der Waals surface area (Å²) in [4.78, 5) is 15.4. The van der Waals surface area contributed by atoms with Crippen molar-refractivity contribution >= 4 is 11.6 Å². The van der Waals surface area contributed by atoms with Gasteiger partial charge in [-0.2, -0.15) is 18.3 Å². The Morgan fingerprint density at radius 1 is 1.09 bits per heavy atom. The number of ether oxygens (including phenoxy) is 1. The number of anilines is 1. The number of fused-ring (bicyclic) bond motifs is 1. The summed E-state index contributed by atoms with van der Waals surface area (Å²) in [7, 11) is 1.87. The Bertz CT molecular complexity index is 1310. The lowest BCUT2D eigenvalue weighted by Crippen LogP contribution is -2.43. The highest BCUT2D eigenvalue weighted by atomic mass is 19.4. The number of pyridine rings is 1. The van der Waals surface area contributed by atoms with Crippen molar-refractivity contribution in [1.29, 1.82) is 0 Å². The third-order valence-corrected chi connectivity index (χ3v) is 5.68. The molecule has 2 atom stereocenters. The summed E-state index contributed by atoms with van der Waals surface area (Å²) in [6.07, 6.45) is 1.40. The summed E-state index contributed by atoms with van der Waals surface area (Å²) >= 11 is 0. The molecule has 5 heterocycles. The number of aryl methyl sites for hydroxylation is 2. The second-order valence-corrected chi connectivity index (χ2v) is 8.21. The largest absolute Gasteiger partial charge is 0.417 e. The highest BCUT2D eigenvalue weighted by Crippen LogP contribution is 2.32. The predicted molar refractivity (Wildman–Crippen MR) is 115 cm³/mol. The van der Waals surface area contributed by atoms with E-state index in [-0.39, 0.29) is 12.2 Å². The summed E-state index contributed by atoms with van der Waals surface area (Å²) in [5.74, 6) is 0.483. The van der Waals surface area contributed by atoms with Crippen LogP contribution in [0.5, 0.6) is 0 Å². The smallest absolute Gasteiger partial charge is 0.367 e. The Morgan fingerprint density at radius 2 is 1.91 bits per heavy atom. The maximum atomic E-state index is 13.2. The third-order valence-electron chi connectivity index (χ3n) is 5.68. The molecule has 33 heavy (non-hydrogen) atoms. The van der Waals surface area contributed by atoms with Crippen molar-refractivity contribution in [3.63, 3.8) is 0 Å². The van der Waals surface area contributed by atoms with Gasteiger partial charge in [-0.05, 0) is 32.0 Å². The molecule has 4 aromatic rings. The van der Waals surface area contributed by atoms with Crippen molar-refractivity contribution in [3.8, 4) is 11.4 Å². The van der Waals surface area contributed by atoms with Crippen molar-refractivity contribution in [2.45, 2.75) is 32.2 Å². The van der Waals surface area contributed by atoms with Crippen LogP contribution >= 0.6 is 0 Å². The molecule has 0 bridgehead atoms. The van der Waals surface area contributed by atoms with E-state index < -0.39 is 11.7 Å². The van der Waals surface area contributed by atoms with Gasteiger partial charge in [0.05, 0.1) is 41.5 Å². The molecule has 4 aromatic heterocycles. The number of morpholine rings is 1. The molecule has 1 aliphatic heterocycles. The molecule has 172 valence electrons. The van der Waals surface area contributed by atoms with E-state index in [2.05, 4.69) is 20.1 Å². The average Bonchev–Trinajstić information content (AvgIpc) is 3.34. The van der Waals surface area contributed by atoms with E-state index in [9.17, 15) is 13.2 Å². The molecule has 0 aliphatic carbocycles. The van der Waals surface area contributed by atoms with Crippen LogP contribution in [0.2, 0.25) is 0 Å². The number of alkyl halides is 3. The minimum atomic E-state index is -4.45. The molecule has 5 rings (SSSR count). The third kappa shape index (κ3) is 4.04. The summed E-state index contributed by atoms with van der Waals surface area (Å²) < 4.78 is 49.0. The van der Waals surface area contributed by atoms with Crippen molar-refractivity contribution in [2.75, 3.05) is 18.0 Å². The Hall–Kier alpha value is -3.47. The van der Waals surface area contributed by atoms with Crippen LogP contribution in [0.15, 0.2) is 43.0 Å². The summed E-state index contributed by atoms with van der Waals surface area (Å²) in [5.41, 5.74) is 2.51. The second-order valence-electron chi connectivity index (χ2n) is 8.21. The molecule has 0 saturated carbocycles. The number of hydrogen-bond donors (Lipinski definition) is 0. The monoisotopic (exact) mass is 457 g/mol. The number of imidazole rings is 1. The lowest BCUT2D eigenvalue weighted by molar-refractivity contribution is -0.137. The molecule has 0 spiro atoms. The van der Waals surface area contributed by atoms with Gasteiger partial charge in [0.1, 0.15) is 11.8 Å². The van der Waals surface area contributed by atoms with Gasteiger partial charge in [-0.3, -0.25) is 9.08 Å². The van der Waals surface area contributed by atoms with Gasteiger partial charge in [-0.1, -0.05) is 0 Å². The average molecular weight is 457 g/mol. The lowest BCUT2D eigenvalue weighted by atomic mass is 10.1. The van der Waals surface area contributed by atoms with Crippen LogP contribution in [0, 0.1) is 6.92 Å². The summed E-state index contributed by atoms with van der Waals surface area (Å²) in [6.45, 7) is 5.05. The van der Waals surface area contributed by atoms with E-state index in [1.165, 1.54) is 16.7 Å². The molecule has 1 saturated heterocycles. The van der Waals surface area contributed by atoms with Gasteiger partial charge in [-0.15, -0.1) is 0 Å². The summed E-state index contributed by atoms with van der Waals surface area (Å²) in [5, 5.41) is 4.41. The molecule has 0 radical (unpaired) electrons. The van der Waals surface area contributed by atoms with E-state index in [1.807, 2.05) is 32.0 Å². The van der Waals surface area contributed by atoms with E-state index in [0.29, 0.717) is 36.1 Å². The second kappa shape index (κ2) is 7.84. The van der Waals surface area contributed by atoms with Gasteiger partial charge in [0.2, 0.25) is 5.95 Å². The quantitative estimate of drug-likeness (QED) is 0.466. The first-order valence-corrected chi connectivity index (χ1v) is 10.5. The molecule has 0 amide bonds. The van der Waals surface area contributed by atoms with E-state index >= 15 is 0 Å². The van der Waals surface area contributed by atoms with Gasteiger partial charge in [0.15, 0.2) is 0 Å². The zero-order valence-corrected chi connectivity index (χ0v) is 18.3. The van der Waals surface area contributed by atoms with Crippen molar-refractivity contribution < 1.29 is 17.9 Å². The number of rotatable bonds is 3. The normalized spacial score (nSPS) is 19.4. The molecule has 1 fully saturated rings. The maximum absolute atomic E-state index is 13.2. The molecule has 1 aliphatic rings. The van der Waals surface area contributed by atoms with Gasteiger partial charge >= 0.3 is 6.18 Å². The van der Waals surface area contributed by atoms with Gasteiger partial charge in [0, 0.05) is 37.7 Å². The molecule has 11 heteroatoms. The lowest BCUT2D eigenvalue weighted by Gasteiger charge is -2.36. The first-order chi connectivity index (χ1) is 15.7. The molecule has 0 N–H and O–H groups in total. The topological polar surface area (TPSA) is 73.4 Å². The zero-order chi connectivity index (χ0) is 23.3. The molecule has 8 nitrogen and oxygen atoms in total. The van der Waals surface area contributed by atoms with Gasteiger partial charge in [-0.25, -0.2) is 15.0 Å². The van der Waals surface area contributed by atoms with E-state index in [1.54, 1.807) is 16.9 Å². The van der Waals surface area contributed by atoms with Crippen LogP contribution in [-0.4, -0.2) is 48.3 Å². The molecule has 0 aromatic carbocycles. The van der Waals surface area contributed by atoms with Gasteiger partial charge in [0.25, 0.3) is 0 Å². The van der Waals surface area contributed by atoms with Crippen molar-refractivity contribution in [3.05, 3.63) is 59.8 Å². The van der Waals surface area contributed by atoms with Gasteiger partial charge < -0.3 is 9.64 Å². The highest BCUT2D eigenvalue weighted by Gasteiger charge is 2.32. The van der Waals surface area contributed by atoms with E-state index in [4.69, 9.17) is 4.74 Å². The minimum absolute atomic E-state index is 0.0687. The fraction of sp³-hybridized carbons (Fsp3) is 0.364.